The number of phenolic OH excluding ortho intramolecular Hbond substituents is 3. The predicted molar refractivity (Wildman–Crippen MR) is 263 cm³/mol. The summed E-state index contributed by atoms with van der Waals surface area (Å²) < 4.78 is 25.5. The lowest BCUT2D eigenvalue weighted by molar-refractivity contribution is -0.146. The molecule has 0 saturated heterocycles. The van der Waals surface area contributed by atoms with Crippen molar-refractivity contribution in [3.63, 3.8) is 0 Å². The molecule has 1 amide bonds. The summed E-state index contributed by atoms with van der Waals surface area (Å²) >= 11 is 0. The standard InChI is InChI=1S/C18H27NO3.C18H28O4.C18H26O4/c1-14(2)8-6-4-5-7-9-18(21)19-13-15-10-11-16(20)17(12-15)22-3;2*1-14(2)8-6-4-5-7-9-18(20)22-13-15-10-11-16(19)17(12-15)21-3/h6,8,10-12,14,20H,4-5,7,9,13H2,1-3H3,(H,19,21);10-12,14,19H,4-9,13H2,1-3H3;6,8,10-12,14,19H,4-5,7,9,13H2,1-3H3/b8-6+;;8-6+. The molecule has 0 aromatic heterocycles. The first-order chi connectivity index (χ1) is 31.6. The van der Waals surface area contributed by atoms with Gasteiger partial charge in [0, 0.05) is 25.8 Å². The van der Waals surface area contributed by atoms with Gasteiger partial charge in [-0.05, 0) is 116 Å². The Labute approximate surface area is 395 Å². The minimum absolute atomic E-state index is 0.0554. The number of phenols is 3. The Morgan fingerprint density at radius 1 is 0.530 bits per heavy atom. The first kappa shape index (κ1) is 58.4. The summed E-state index contributed by atoms with van der Waals surface area (Å²) in [6.07, 6.45) is 21.6. The highest BCUT2D eigenvalue weighted by Crippen LogP contribution is 2.28. The van der Waals surface area contributed by atoms with Crippen LogP contribution in [-0.2, 0) is 43.6 Å². The third kappa shape index (κ3) is 29.0. The van der Waals surface area contributed by atoms with Crippen LogP contribution in [0.1, 0.15) is 148 Å². The Balaban J connectivity index is 0.000000495. The number of carbonyl (C=O) groups is 3. The van der Waals surface area contributed by atoms with Gasteiger partial charge >= 0.3 is 11.9 Å². The van der Waals surface area contributed by atoms with Crippen molar-refractivity contribution in [2.75, 3.05) is 21.3 Å². The number of allylic oxidation sites excluding steroid dienone is 4. The summed E-state index contributed by atoms with van der Waals surface area (Å²) in [5.41, 5.74) is 2.51. The maximum atomic E-state index is 11.8. The van der Waals surface area contributed by atoms with Gasteiger partial charge < -0.3 is 44.3 Å². The van der Waals surface area contributed by atoms with Crippen LogP contribution in [0.5, 0.6) is 34.5 Å². The Hall–Kier alpha value is -5.65. The summed E-state index contributed by atoms with van der Waals surface area (Å²) in [5.74, 6) is 3.06. The molecule has 12 heteroatoms. The fraction of sp³-hybridized carbons (Fsp3) is 0.537. The van der Waals surface area contributed by atoms with Crippen molar-refractivity contribution in [2.24, 2.45) is 17.8 Å². The van der Waals surface area contributed by atoms with Crippen molar-refractivity contribution in [3.05, 3.63) is 95.6 Å². The van der Waals surface area contributed by atoms with E-state index in [0.29, 0.717) is 54.9 Å². The average Bonchev–Trinajstić information content (AvgIpc) is 3.29. The largest absolute Gasteiger partial charge is 0.504 e. The van der Waals surface area contributed by atoms with Crippen LogP contribution in [-0.4, -0.2) is 54.5 Å². The van der Waals surface area contributed by atoms with Crippen LogP contribution in [0, 0.1) is 17.8 Å². The first-order valence-electron chi connectivity index (χ1n) is 23.6. The number of unbranched alkanes of at least 4 members (excludes halogenated alkanes) is 7. The minimum Gasteiger partial charge on any atom is -0.504 e. The van der Waals surface area contributed by atoms with Gasteiger partial charge in [-0.3, -0.25) is 14.4 Å². The van der Waals surface area contributed by atoms with Gasteiger partial charge in [-0.25, -0.2) is 0 Å². The molecule has 0 fully saturated rings. The summed E-state index contributed by atoms with van der Waals surface area (Å²) in [5, 5.41) is 31.4. The van der Waals surface area contributed by atoms with Gasteiger partial charge in [0.05, 0.1) is 21.3 Å². The second-order valence-corrected chi connectivity index (χ2v) is 17.3. The van der Waals surface area contributed by atoms with Gasteiger partial charge in [0.1, 0.15) is 13.2 Å². The molecular formula is C54H81NO11. The van der Waals surface area contributed by atoms with Crippen molar-refractivity contribution in [1.82, 2.24) is 5.32 Å². The Kier molecular flexibility index (Phi) is 31.5. The number of methoxy groups -OCH3 is 3. The maximum absolute atomic E-state index is 11.8. The molecule has 368 valence electrons. The molecule has 0 aliphatic rings. The Morgan fingerprint density at radius 2 is 0.924 bits per heavy atom. The zero-order valence-electron chi connectivity index (χ0n) is 41.4. The van der Waals surface area contributed by atoms with Crippen LogP contribution in [0.3, 0.4) is 0 Å². The second kappa shape index (κ2) is 35.6. The van der Waals surface area contributed by atoms with Crippen molar-refractivity contribution in [3.8, 4) is 34.5 Å². The van der Waals surface area contributed by atoms with E-state index in [1.165, 1.54) is 52.7 Å². The van der Waals surface area contributed by atoms with Crippen LogP contribution in [0.4, 0.5) is 0 Å². The van der Waals surface area contributed by atoms with Crippen molar-refractivity contribution in [2.45, 2.75) is 151 Å². The van der Waals surface area contributed by atoms with E-state index in [1.54, 1.807) is 42.5 Å². The maximum Gasteiger partial charge on any atom is 0.306 e. The van der Waals surface area contributed by atoms with Crippen LogP contribution in [0.15, 0.2) is 78.9 Å². The SMILES string of the molecule is COc1cc(CNC(=O)CCCC/C=C/C(C)C)ccc1O.COc1cc(COC(=O)CCCC/C=C/C(C)C)ccc1O.COc1cc(COC(=O)CCCCCCC(C)C)ccc1O. The molecule has 0 radical (unpaired) electrons. The molecule has 0 bridgehead atoms. The molecule has 0 saturated carbocycles. The third-order valence-electron chi connectivity index (χ3n) is 10.0. The molecular weight excluding hydrogens is 839 g/mol. The van der Waals surface area contributed by atoms with Gasteiger partial charge in [0.25, 0.3) is 0 Å². The van der Waals surface area contributed by atoms with Crippen LogP contribution < -0.4 is 19.5 Å². The highest BCUT2D eigenvalue weighted by Gasteiger charge is 2.09. The predicted octanol–water partition coefficient (Wildman–Crippen LogP) is 12.4. The zero-order valence-corrected chi connectivity index (χ0v) is 41.4. The van der Waals surface area contributed by atoms with Crippen molar-refractivity contribution >= 4 is 17.8 Å². The number of rotatable bonds is 28. The van der Waals surface area contributed by atoms with E-state index in [9.17, 15) is 29.7 Å². The molecule has 3 aromatic rings. The number of aromatic hydroxyl groups is 3. The van der Waals surface area contributed by atoms with E-state index in [4.69, 9.17) is 23.7 Å². The van der Waals surface area contributed by atoms with E-state index < -0.39 is 0 Å². The van der Waals surface area contributed by atoms with Crippen LogP contribution in [0.2, 0.25) is 0 Å². The summed E-state index contributed by atoms with van der Waals surface area (Å²) in [7, 11) is 4.48. The smallest absolute Gasteiger partial charge is 0.306 e. The molecule has 0 atom stereocenters. The fourth-order valence-corrected chi connectivity index (χ4v) is 6.21. The Morgan fingerprint density at radius 3 is 1.35 bits per heavy atom. The summed E-state index contributed by atoms with van der Waals surface area (Å²) in [4.78, 5) is 35.1. The van der Waals surface area contributed by atoms with E-state index >= 15 is 0 Å². The zero-order chi connectivity index (χ0) is 49.1. The average molecular weight is 920 g/mol. The molecule has 0 spiro atoms. The lowest BCUT2D eigenvalue weighted by atomic mass is 10.0. The van der Waals surface area contributed by atoms with Crippen molar-refractivity contribution < 1.29 is 53.4 Å². The monoisotopic (exact) mass is 920 g/mol. The number of carbonyl (C=O) groups excluding carboxylic acids is 3. The lowest BCUT2D eigenvalue weighted by Crippen LogP contribution is -2.22. The van der Waals surface area contributed by atoms with E-state index in [1.807, 2.05) is 0 Å². The lowest BCUT2D eigenvalue weighted by Gasteiger charge is -2.08. The van der Waals surface area contributed by atoms with E-state index in [0.717, 1.165) is 74.0 Å². The van der Waals surface area contributed by atoms with E-state index in [2.05, 4.69) is 71.2 Å². The minimum atomic E-state index is -0.195. The van der Waals surface area contributed by atoms with Gasteiger partial charge in [0.15, 0.2) is 34.5 Å². The third-order valence-corrected chi connectivity index (χ3v) is 10.0. The molecule has 66 heavy (non-hydrogen) atoms. The van der Waals surface area contributed by atoms with Crippen LogP contribution in [0.25, 0.3) is 0 Å². The molecule has 3 rings (SSSR count). The van der Waals surface area contributed by atoms with Gasteiger partial charge in [-0.2, -0.15) is 0 Å². The molecule has 3 aromatic carbocycles. The number of hydrogen-bond donors (Lipinski definition) is 4. The Bertz CT molecular complexity index is 1780. The summed E-state index contributed by atoms with van der Waals surface area (Å²) in [6.45, 7) is 13.9. The van der Waals surface area contributed by atoms with Crippen LogP contribution >= 0.6 is 0 Å². The molecule has 0 heterocycles. The van der Waals surface area contributed by atoms with Gasteiger partial charge in [-0.15, -0.1) is 0 Å². The molecule has 4 N–H and O–H groups in total. The van der Waals surface area contributed by atoms with Gasteiger partial charge in [0.2, 0.25) is 5.91 Å². The molecule has 0 aliphatic heterocycles. The molecule has 0 aliphatic carbocycles. The highest BCUT2D eigenvalue weighted by atomic mass is 16.5. The quantitative estimate of drug-likeness (QED) is 0.0310. The number of benzene rings is 3. The second-order valence-electron chi connectivity index (χ2n) is 17.3. The number of amides is 1. The molecule has 12 nitrogen and oxygen atoms in total. The number of ether oxygens (including phenoxy) is 5. The topological polar surface area (TPSA) is 170 Å². The highest BCUT2D eigenvalue weighted by molar-refractivity contribution is 5.75. The van der Waals surface area contributed by atoms with E-state index in [-0.39, 0.29) is 48.3 Å². The molecule has 0 unspecified atom stereocenters. The first-order valence-corrected chi connectivity index (χ1v) is 23.6. The van der Waals surface area contributed by atoms with Gasteiger partial charge in [-0.1, -0.05) is 110 Å². The number of hydrogen-bond acceptors (Lipinski definition) is 11. The number of nitrogens with one attached hydrogen (secondary N) is 1. The van der Waals surface area contributed by atoms with Crippen molar-refractivity contribution in [1.29, 1.82) is 0 Å². The number of esters is 2. The normalized spacial score (nSPS) is 11.0. The summed E-state index contributed by atoms with van der Waals surface area (Å²) in [6, 6.07) is 14.9. The fourth-order valence-electron chi connectivity index (χ4n) is 6.21.